The fourth-order valence-corrected chi connectivity index (χ4v) is 2.73. The molecule has 0 radical (unpaired) electrons. The van der Waals surface area contributed by atoms with Crippen LogP contribution in [0.2, 0.25) is 0 Å². The lowest BCUT2D eigenvalue weighted by Gasteiger charge is -2.07. The molecule has 4 heteroatoms. The first-order valence-electron chi connectivity index (χ1n) is 7.12. The Kier molecular flexibility index (Phi) is 2.93. The molecule has 4 rings (SSSR count). The summed E-state index contributed by atoms with van der Waals surface area (Å²) in [6, 6.07) is 17.9. The predicted molar refractivity (Wildman–Crippen MR) is 87.6 cm³/mol. The van der Waals surface area contributed by atoms with Crippen molar-refractivity contribution in [1.29, 1.82) is 0 Å². The number of anilines is 1. The van der Waals surface area contributed by atoms with Crippen molar-refractivity contribution in [3.63, 3.8) is 0 Å². The predicted octanol–water partition coefficient (Wildman–Crippen LogP) is 3.70. The quantitative estimate of drug-likeness (QED) is 0.742. The number of carbonyl (C=O) groups excluding carboxylic acids is 1. The fraction of sp³-hybridized carbons (Fsp3) is 0.0556. The molecule has 2 aromatic carbocycles. The Morgan fingerprint density at radius 1 is 0.955 bits per heavy atom. The van der Waals surface area contributed by atoms with Gasteiger partial charge in [0.2, 0.25) is 5.91 Å². The zero-order valence-electron chi connectivity index (χ0n) is 11.8. The highest BCUT2D eigenvalue weighted by atomic mass is 16.1. The van der Waals surface area contributed by atoms with Crippen LogP contribution >= 0.6 is 0 Å². The van der Waals surface area contributed by atoms with Gasteiger partial charge in [0.05, 0.1) is 12.1 Å². The molecule has 1 aromatic heterocycles. The van der Waals surface area contributed by atoms with Crippen LogP contribution in [0.4, 0.5) is 11.5 Å². The smallest absolute Gasteiger partial charge is 0.231 e. The Labute approximate surface area is 127 Å². The van der Waals surface area contributed by atoms with Crippen LogP contribution in [0.25, 0.3) is 10.8 Å². The zero-order chi connectivity index (χ0) is 14.9. The molecule has 1 aliphatic rings. The topological polar surface area (TPSA) is 54.4 Å². The number of benzene rings is 2. The van der Waals surface area contributed by atoms with Gasteiger partial charge in [0, 0.05) is 11.8 Å². The van der Waals surface area contributed by atoms with E-state index in [2.05, 4.69) is 33.5 Å². The van der Waals surface area contributed by atoms with Gasteiger partial charge in [-0.25, -0.2) is 9.98 Å². The van der Waals surface area contributed by atoms with Crippen molar-refractivity contribution >= 4 is 33.9 Å². The number of carbonyl (C=O) groups is 1. The maximum Gasteiger partial charge on any atom is 0.231 e. The minimum absolute atomic E-state index is 0.0934. The second-order valence-electron chi connectivity index (χ2n) is 5.18. The third-order valence-electron chi connectivity index (χ3n) is 3.73. The molecule has 0 saturated heterocycles. The molecule has 0 fully saturated rings. The molecular weight excluding hydrogens is 274 g/mol. The lowest BCUT2D eigenvalue weighted by atomic mass is 9.99. The average molecular weight is 287 g/mol. The van der Waals surface area contributed by atoms with Crippen LogP contribution in [0.3, 0.4) is 0 Å². The fourth-order valence-electron chi connectivity index (χ4n) is 2.73. The first-order valence-corrected chi connectivity index (χ1v) is 7.12. The van der Waals surface area contributed by atoms with Crippen molar-refractivity contribution < 1.29 is 4.79 Å². The van der Waals surface area contributed by atoms with E-state index in [0.717, 1.165) is 22.0 Å². The summed E-state index contributed by atoms with van der Waals surface area (Å²) in [4.78, 5) is 21.0. The normalized spacial score (nSPS) is 14.0. The summed E-state index contributed by atoms with van der Waals surface area (Å²) in [6.45, 7) is 0. The van der Waals surface area contributed by atoms with E-state index in [1.54, 1.807) is 6.20 Å². The second-order valence-corrected chi connectivity index (χ2v) is 5.18. The SMILES string of the molecule is O=C1CC(c2cccc3ccccc23)=Nc2cccnc2N1. The van der Waals surface area contributed by atoms with E-state index in [1.165, 1.54) is 0 Å². The molecule has 22 heavy (non-hydrogen) atoms. The standard InChI is InChI=1S/C18H13N3O/c22-17-11-16(20-15-9-4-10-19-18(15)21-17)14-8-3-6-12-5-1-2-7-13(12)14/h1-10H,11H2,(H,19,21,22). The molecule has 3 aromatic rings. The molecule has 4 nitrogen and oxygen atoms in total. The number of aliphatic imine (C=N–C) groups is 1. The summed E-state index contributed by atoms with van der Waals surface area (Å²) >= 11 is 0. The maximum absolute atomic E-state index is 12.1. The van der Waals surface area contributed by atoms with Crippen molar-refractivity contribution in [3.8, 4) is 0 Å². The van der Waals surface area contributed by atoms with Crippen molar-refractivity contribution in [2.75, 3.05) is 5.32 Å². The van der Waals surface area contributed by atoms with E-state index in [1.807, 2.05) is 36.4 Å². The van der Waals surface area contributed by atoms with E-state index in [9.17, 15) is 4.79 Å². The third-order valence-corrected chi connectivity index (χ3v) is 3.73. The Morgan fingerprint density at radius 3 is 2.77 bits per heavy atom. The van der Waals surface area contributed by atoms with E-state index in [0.29, 0.717) is 11.5 Å². The van der Waals surface area contributed by atoms with E-state index in [4.69, 9.17) is 0 Å². The van der Waals surface area contributed by atoms with Gasteiger partial charge in [0.1, 0.15) is 5.69 Å². The molecule has 2 heterocycles. The van der Waals surface area contributed by atoms with Crippen LogP contribution in [-0.2, 0) is 4.79 Å². The number of aromatic nitrogens is 1. The van der Waals surface area contributed by atoms with Crippen molar-refractivity contribution in [2.24, 2.45) is 4.99 Å². The number of amides is 1. The van der Waals surface area contributed by atoms with Gasteiger partial charge in [-0.1, -0.05) is 42.5 Å². The van der Waals surface area contributed by atoms with Crippen LogP contribution in [-0.4, -0.2) is 16.6 Å². The zero-order valence-corrected chi connectivity index (χ0v) is 11.8. The number of rotatable bonds is 1. The molecule has 1 aliphatic heterocycles. The highest BCUT2D eigenvalue weighted by Crippen LogP contribution is 2.28. The third kappa shape index (κ3) is 2.15. The number of pyridine rings is 1. The Bertz CT molecular complexity index is 910. The summed E-state index contributed by atoms with van der Waals surface area (Å²) in [5, 5.41) is 5.04. The van der Waals surface area contributed by atoms with Crippen molar-refractivity contribution in [1.82, 2.24) is 4.98 Å². The maximum atomic E-state index is 12.1. The van der Waals surface area contributed by atoms with Gasteiger partial charge in [0.25, 0.3) is 0 Å². The highest BCUT2D eigenvalue weighted by molar-refractivity contribution is 6.20. The molecule has 0 saturated carbocycles. The number of hydrogen-bond donors (Lipinski definition) is 1. The first-order chi connectivity index (χ1) is 10.8. The monoisotopic (exact) mass is 287 g/mol. The molecule has 1 N–H and O–H groups in total. The van der Waals surface area contributed by atoms with Gasteiger partial charge in [-0.3, -0.25) is 4.79 Å². The Morgan fingerprint density at radius 2 is 1.82 bits per heavy atom. The summed E-state index contributed by atoms with van der Waals surface area (Å²) in [6.07, 6.45) is 1.89. The lowest BCUT2D eigenvalue weighted by Crippen LogP contribution is -2.15. The van der Waals surface area contributed by atoms with Gasteiger partial charge in [-0.15, -0.1) is 0 Å². The first kappa shape index (κ1) is 12.7. The van der Waals surface area contributed by atoms with Crippen LogP contribution in [0.1, 0.15) is 12.0 Å². The number of hydrogen-bond acceptors (Lipinski definition) is 3. The highest BCUT2D eigenvalue weighted by Gasteiger charge is 2.18. The summed E-state index contributed by atoms with van der Waals surface area (Å²) < 4.78 is 0. The molecule has 0 aliphatic carbocycles. The molecule has 0 spiro atoms. The second kappa shape index (κ2) is 5.07. The van der Waals surface area contributed by atoms with Gasteiger partial charge >= 0.3 is 0 Å². The van der Waals surface area contributed by atoms with Gasteiger partial charge in [-0.05, 0) is 22.9 Å². The van der Waals surface area contributed by atoms with Crippen LogP contribution in [0.5, 0.6) is 0 Å². The summed E-state index contributed by atoms with van der Waals surface area (Å²) in [5.41, 5.74) is 2.45. The molecule has 0 bridgehead atoms. The van der Waals surface area contributed by atoms with E-state index < -0.39 is 0 Å². The number of nitrogens with zero attached hydrogens (tertiary/aromatic N) is 2. The summed E-state index contributed by atoms with van der Waals surface area (Å²) in [5.74, 6) is 0.423. The lowest BCUT2D eigenvalue weighted by molar-refractivity contribution is -0.115. The Balaban J connectivity index is 1.94. The van der Waals surface area contributed by atoms with Crippen molar-refractivity contribution in [3.05, 3.63) is 66.4 Å². The minimum Gasteiger partial charge on any atom is -0.309 e. The van der Waals surface area contributed by atoms with Gasteiger partial charge in [-0.2, -0.15) is 0 Å². The van der Waals surface area contributed by atoms with E-state index >= 15 is 0 Å². The molecule has 106 valence electrons. The van der Waals surface area contributed by atoms with Crippen molar-refractivity contribution in [2.45, 2.75) is 6.42 Å². The minimum atomic E-state index is -0.0934. The van der Waals surface area contributed by atoms with Crippen LogP contribution in [0.15, 0.2) is 65.8 Å². The van der Waals surface area contributed by atoms with Gasteiger partial charge < -0.3 is 5.32 Å². The molecule has 0 unspecified atom stereocenters. The number of nitrogens with one attached hydrogen (secondary N) is 1. The summed E-state index contributed by atoms with van der Waals surface area (Å²) in [7, 11) is 0. The number of fused-ring (bicyclic) bond motifs is 2. The molecular formula is C18H13N3O. The average Bonchev–Trinajstić information content (AvgIpc) is 2.72. The van der Waals surface area contributed by atoms with E-state index in [-0.39, 0.29) is 12.3 Å². The van der Waals surface area contributed by atoms with Crippen LogP contribution < -0.4 is 5.32 Å². The molecule has 1 amide bonds. The molecule has 0 atom stereocenters. The van der Waals surface area contributed by atoms with Gasteiger partial charge in [0.15, 0.2) is 5.82 Å². The van der Waals surface area contributed by atoms with Crippen LogP contribution in [0, 0.1) is 0 Å². The Hall–Kier alpha value is -3.01. The largest absolute Gasteiger partial charge is 0.309 e.